The summed E-state index contributed by atoms with van der Waals surface area (Å²) in [6.07, 6.45) is -0.0434. The first kappa shape index (κ1) is 19.5. The quantitative estimate of drug-likeness (QED) is 0.595. The number of anilines is 1. The lowest BCUT2D eigenvalue weighted by Gasteiger charge is -2.20. The largest absolute Gasteiger partial charge is 0.474 e. The van der Waals surface area contributed by atoms with Crippen molar-refractivity contribution in [1.29, 1.82) is 0 Å². The van der Waals surface area contributed by atoms with Gasteiger partial charge >= 0.3 is 11.9 Å². The number of carbonyl (C=O) groups excluding carboxylic acids is 1. The van der Waals surface area contributed by atoms with Gasteiger partial charge in [-0.1, -0.05) is 18.2 Å². The van der Waals surface area contributed by atoms with E-state index < -0.39 is 27.8 Å². The van der Waals surface area contributed by atoms with Crippen LogP contribution in [0.2, 0.25) is 0 Å². The molecule has 2 aromatic rings. The average molecular weight is 426 g/mol. The predicted octanol–water partition coefficient (Wildman–Crippen LogP) is 2.39. The molecule has 0 spiro atoms. The van der Waals surface area contributed by atoms with E-state index >= 15 is 0 Å². The minimum absolute atomic E-state index is 0.201. The van der Waals surface area contributed by atoms with E-state index in [9.17, 15) is 18.0 Å². The molecule has 2 heterocycles. The molecule has 1 aromatic carbocycles. The number of fused-ring (bicyclic) bond motifs is 1. The van der Waals surface area contributed by atoms with Crippen molar-refractivity contribution in [3.8, 4) is 0 Å². The SMILES string of the molecule is CC1Cc2cc(CS(=O)(=O)c3cccs3)ccc2N(C(=O)C(=O)O)C(=S)O1. The van der Waals surface area contributed by atoms with Gasteiger partial charge in [0, 0.05) is 6.42 Å². The number of sulfone groups is 1. The predicted molar refractivity (Wildman–Crippen MR) is 104 cm³/mol. The number of ether oxygens (including phenoxy) is 1. The Morgan fingerprint density at radius 2 is 2.11 bits per heavy atom. The van der Waals surface area contributed by atoms with Gasteiger partial charge in [0.05, 0.1) is 11.4 Å². The molecule has 1 aliphatic rings. The number of rotatable bonds is 3. The first-order valence-corrected chi connectivity index (χ1v) is 10.8. The summed E-state index contributed by atoms with van der Waals surface area (Å²) in [6.45, 7) is 1.74. The smallest absolute Gasteiger partial charge is 0.395 e. The summed E-state index contributed by atoms with van der Waals surface area (Å²) in [7, 11) is -3.49. The van der Waals surface area contributed by atoms with Crippen molar-refractivity contribution < 1.29 is 27.9 Å². The zero-order valence-corrected chi connectivity index (χ0v) is 16.6. The fourth-order valence-electron chi connectivity index (χ4n) is 2.80. The molecule has 142 valence electrons. The highest BCUT2D eigenvalue weighted by Gasteiger charge is 2.33. The number of aliphatic carboxylic acids is 1. The lowest BCUT2D eigenvalue weighted by atomic mass is 10.0. The minimum atomic E-state index is -3.49. The number of carboxylic acids is 1. The molecule has 1 N–H and O–H groups in total. The van der Waals surface area contributed by atoms with Crippen LogP contribution >= 0.6 is 23.6 Å². The molecule has 0 saturated carbocycles. The third-order valence-corrected chi connectivity index (χ3v) is 7.37. The van der Waals surface area contributed by atoms with E-state index in [1.165, 1.54) is 6.07 Å². The van der Waals surface area contributed by atoms with E-state index in [0.29, 0.717) is 17.5 Å². The maximum atomic E-state index is 12.5. The summed E-state index contributed by atoms with van der Waals surface area (Å²) in [5, 5.41) is 10.5. The van der Waals surface area contributed by atoms with Crippen LogP contribution in [0.3, 0.4) is 0 Å². The normalized spacial score (nSPS) is 17.0. The second kappa shape index (κ2) is 7.37. The van der Waals surface area contributed by atoms with Gasteiger partial charge in [0.15, 0.2) is 9.84 Å². The summed E-state index contributed by atoms with van der Waals surface area (Å²) in [5.74, 6) is -3.09. The zero-order chi connectivity index (χ0) is 19.8. The third kappa shape index (κ3) is 4.02. The van der Waals surface area contributed by atoms with Crippen LogP contribution < -0.4 is 4.90 Å². The number of carboxylic acid groups (broad SMARTS) is 1. The van der Waals surface area contributed by atoms with Crippen LogP contribution in [-0.4, -0.2) is 36.7 Å². The first-order valence-electron chi connectivity index (χ1n) is 7.85. The van der Waals surface area contributed by atoms with Crippen LogP contribution in [0.15, 0.2) is 39.9 Å². The third-order valence-electron chi connectivity index (χ3n) is 3.92. The fraction of sp³-hybridized carbons (Fsp3) is 0.235. The van der Waals surface area contributed by atoms with E-state index in [1.807, 2.05) is 0 Å². The molecule has 1 amide bonds. The van der Waals surface area contributed by atoms with Crippen LogP contribution in [0.25, 0.3) is 0 Å². The van der Waals surface area contributed by atoms with Gasteiger partial charge in [0.25, 0.3) is 5.17 Å². The van der Waals surface area contributed by atoms with Crippen LogP contribution in [0, 0.1) is 0 Å². The number of carbonyl (C=O) groups is 2. The number of benzene rings is 1. The second-order valence-corrected chi connectivity index (χ2v) is 9.51. The van der Waals surface area contributed by atoms with Crippen LogP contribution in [0.1, 0.15) is 18.1 Å². The molecule has 1 aliphatic heterocycles. The maximum Gasteiger partial charge on any atom is 0.395 e. The Bertz CT molecular complexity index is 1010. The van der Waals surface area contributed by atoms with Crippen molar-refractivity contribution in [2.45, 2.75) is 29.4 Å². The van der Waals surface area contributed by atoms with Crippen molar-refractivity contribution >= 4 is 56.1 Å². The van der Waals surface area contributed by atoms with Gasteiger partial charge in [-0.05, 0) is 47.8 Å². The lowest BCUT2D eigenvalue weighted by molar-refractivity contribution is -0.148. The van der Waals surface area contributed by atoms with Gasteiger partial charge < -0.3 is 9.84 Å². The Balaban J connectivity index is 2.01. The van der Waals surface area contributed by atoms with Crippen LogP contribution in [0.4, 0.5) is 5.69 Å². The first-order chi connectivity index (χ1) is 12.7. The summed E-state index contributed by atoms with van der Waals surface area (Å²) in [6, 6.07) is 7.92. The highest BCUT2D eigenvalue weighted by Crippen LogP contribution is 2.30. The van der Waals surface area contributed by atoms with Gasteiger partial charge in [-0.2, -0.15) is 0 Å². The van der Waals surface area contributed by atoms with E-state index in [4.69, 9.17) is 22.1 Å². The average Bonchev–Trinajstić information content (AvgIpc) is 3.08. The van der Waals surface area contributed by atoms with Crippen LogP contribution in [-0.2, 0) is 36.3 Å². The lowest BCUT2D eigenvalue weighted by Crippen LogP contribution is -2.41. The maximum absolute atomic E-state index is 12.5. The number of thiocarbonyl (C=S) groups is 1. The van der Waals surface area contributed by atoms with Crippen molar-refractivity contribution in [2.75, 3.05) is 4.90 Å². The summed E-state index contributed by atoms with van der Waals surface area (Å²) >= 11 is 6.21. The van der Waals surface area contributed by atoms with Gasteiger partial charge in [-0.25, -0.2) is 18.1 Å². The topological polar surface area (TPSA) is 101 Å². The molecule has 0 fully saturated rings. The molecule has 27 heavy (non-hydrogen) atoms. The van der Waals surface area contributed by atoms with Crippen molar-refractivity contribution in [3.05, 3.63) is 46.8 Å². The Morgan fingerprint density at radius 3 is 2.74 bits per heavy atom. The number of thiophene rings is 1. The standard InChI is InChI=1S/C17H15NO6S3/c1-10-7-12-8-11(9-27(22,23)14-3-2-6-26-14)4-5-13(12)18(17(25)24-10)15(19)16(20)21/h2-6,8,10H,7,9H2,1H3,(H,20,21). The fourth-order valence-corrected chi connectivity index (χ4v) is 5.57. The molecule has 1 aromatic heterocycles. The van der Waals surface area contributed by atoms with E-state index in [-0.39, 0.29) is 20.8 Å². The molecule has 0 radical (unpaired) electrons. The van der Waals surface area contributed by atoms with Crippen molar-refractivity contribution in [3.63, 3.8) is 0 Å². The second-order valence-electron chi connectivity index (χ2n) is 6.00. The molecule has 1 unspecified atom stereocenters. The van der Waals surface area contributed by atoms with Gasteiger partial charge in [0.2, 0.25) is 0 Å². The molecule has 1 atom stereocenters. The number of amides is 1. The number of hydrogen-bond donors (Lipinski definition) is 1. The van der Waals surface area contributed by atoms with Gasteiger partial charge in [-0.3, -0.25) is 4.79 Å². The highest BCUT2D eigenvalue weighted by molar-refractivity contribution is 7.92. The molecule has 10 heteroatoms. The monoisotopic (exact) mass is 425 g/mol. The number of hydrogen-bond acceptors (Lipinski definition) is 7. The molecular weight excluding hydrogens is 410 g/mol. The summed E-state index contributed by atoms with van der Waals surface area (Å²) in [4.78, 5) is 24.0. The molecule has 0 bridgehead atoms. The van der Waals surface area contributed by atoms with Crippen molar-refractivity contribution in [1.82, 2.24) is 0 Å². The van der Waals surface area contributed by atoms with Gasteiger partial charge in [-0.15, -0.1) is 11.3 Å². The Labute approximate surface area is 165 Å². The molecule has 7 nitrogen and oxygen atoms in total. The Hall–Kier alpha value is -2.30. The highest BCUT2D eigenvalue weighted by atomic mass is 32.2. The molecule has 0 aliphatic carbocycles. The summed E-state index contributed by atoms with van der Waals surface area (Å²) in [5.41, 5.74) is 1.41. The summed E-state index contributed by atoms with van der Waals surface area (Å²) < 4.78 is 30.7. The minimum Gasteiger partial charge on any atom is -0.474 e. The molecule has 3 rings (SSSR count). The molecule has 0 saturated heterocycles. The van der Waals surface area contributed by atoms with Gasteiger partial charge in [0.1, 0.15) is 10.3 Å². The van der Waals surface area contributed by atoms with Crippen LogP contribution in [0.5, 0.6) is 0 Å². The Morgan fingerprint density at radius 1 is 1.37 bits per heavy atom. The number of nitrogens with zero attached hydrogens (tertiary/aromatic N) is 1. The zero-order valence-electron chi connectivity index (χ0n) is 14.1. The van der Waals surface area contributed by atoms with E-state index in [2.05, 4.69) is 0 Å². The van der Waals surface area contributed by atoms with E-state index in [0.717, 1.165) is 16.2 Å². The molecular formula is C17H15NO6S3. The Kier molecular flexibility index (Phi) is 5.31. The van der Waals surface area contributed by atoms with E-state index in [1.54, 1.807) is 36.6 Å². The van der Waals surface area contributed by atoms with Crippen molar-refractivity contribution in [2.24, 2.45) is 0 Å².